The Balaban J connectivity index is 1.51. The minimum atomic E-state index is -4.70. The van der Waals surface area contributed by atoms with Gasteiger partial charge >= 0.3 is 10.4 Å². The van der Waals surface area contributed by atoms with Gasteiger partial charge < -0.3 is 20.4 Å². The molecular weight excluding hydrogens is 448 g/mol. The zero-order chi connectivity index (χ0) is 24.3. The van der Waals surface area contributed by atoms with Crippen molar-refractivity contribution in [2.45, 2.75) is 103 Å². The van der Waals surface area contributed by atoms with Crippen molar-refractivity contribution < 1.29 is 37.6 Å². The minimum absolute atomic E-state index is 0.0341. The molecule has 0 amide bonds. The van der Waals surface area contributed by atoms with E-state index in [1.807, 2.05) is 0 Å². The second-order valence-corrected chi connectivity index (χ2v) is 13.1. The van der Waals surface area contributed by atoms with Gasteiger partial charge in [-0.2, -0.15) is 8.42 Å². The lowest BCUT2D eigenvalue weighted by Crippen LogP contribution is -2.62. The molecule has 12 atom stereocenters. The molecule has 0 aromatic heterocycles. The van der Waals surface area contributed by atoms with Gasteiger partial charge in [0.25, 0.3) is 0 Å². The first-order valence-corrected chi connectivity index (χ1v) is 14.0. The summed E-state index contributed by atoms with van der Waals surface area (Å²) in [5, 5.41) is 42.9. The van der Waals surface area contributed by atoms with Gasteiger partial charge in [0.1, 0.15) is 0 Å². The molecule has 0 heterocycles. The van der Waals surface area contributed by atoms with E-state index in [1.54, 1.807) is 0 Å². The average Bonchev–Trinajstić information content (AvgIpc) is 3.06. The van der Waals surface area contributed by atoms with E-state index in [-0.39, 0.29) is 58.9 Å². The van der Waals surface area contributed by atoms with Gasteiger partial charge in [0, 0.05) is 0 Å². The third-order valence-electron chi connectivity index (χ3n) is 10.6. The first kappa shape index (κ1) is 25.8. The Morgan fingerprint density at radius 2 is 1.70 bits per heavy atom. The Morgan fingerprint density at radius 1 is 1.00 bits per heavy atom. The predicted octanol–water partition coefficient (Wildman–Crippen LogP) is 2.50. The van der Waals surface area contributed by atoms with Gasteiger partial charge in [-0.05, 0) is 104 Å². The lowest BCUT2D eigenvalue weighted by molar-refractivity contribution is -0.207. The number of rotatable bonds is 6. The lowest BCUT2D eigenvalue weighted by Gasteiger charge is -2.63. The van der Waals surface area contributed by atoms with Gasteiger partial charge in [-0.25, -0.2) is 4.18 Å². The Kier molecular flexibility index (Phi) is 7.02. The molecule has 9 heteroatoms. The first-order chi connectivity index (χ1) is 15.3. The highest BCUT2D eigenvalue weighted by Crippen LogP contribution is 2.68. The predicted molar refractivity (Wildman–Crippen MR) is 121 cm³/mol. The van der Waals surface area contributed by atoms with Gasteiger partial charge in [0.2, 0.25) is 0 Å². The maximum Gasteiger partial charge on any atom is 0.399 e. The molecule has 4 aliphatic carbocycles. The van der Waals surface area contributed by atoms with Crippen LogP contribution >= 0.6 is 0 Å². The van der Waals surface area contributed by atoms with Gasteiger partial charge in [0.15, 0.2) is 6.29 Å². The molecule has 0 aliphatic heterocycles. The largest absolute Gasteiger partial charge is 0.399 e. The highest BCUT2D eigenvalue weighted by molar-refractivity contribution is 7.80. The fraction of sp³-hybridized carbons (Fsp3) is 1.00. The molecule has 4 fully saturated rings. The number of hydrogen-bond acceptors (Lipinski definition) is 7. The fourth-order valence-electron chi connectivity index (χ4n) is 8.93. The smallest absolute Gasteiger partial charge is 0.393 e. The molecular formula is C24H42O8S. The van der Waals surface area contributed by atoms with E-state index in [1.165, 1.54) is 0 Å². The molecule has 1 unspecified atom stereocenters. The van der Waals surface area contributed by atoms with Crippen molar-refractivity contribution in [1.82, 2.24) is 0 Å². The van der Waals surface area contributed by atoms with Crippen molar-refractivity contribution in [3.8, 4) is 0 Å². The van der Waals surface area contributed by atoms with Crippen LogP contribution in [0.1, 0.15) is 78.6 Å². The summed E-state index contributed by atoms with van der Waals surface area (Å²) in [5.41, 5.74) is -0.319. The highest BCUT2D eigenvalue weighted by Gasteiger charge is 2.65. The van der Waals surface area contributed by atoms with Crippen LogP contribution in [0.3, 0.4) is 0 Å². The van der Waals surface area contributed by atoms with Gasteiger partial charge in [0.05, 0.1) is 18.3 Å². The molecule has 0 radical (unpaired) electrons. The summed E-state index contributed by atoms with van der Waals surface area (Å²) in [6.45, 7) is 6.53. The summed E-state index contributed by atoms with van der Waals surface area (Å²) in [5.74, 6) is 1.17. The molecule has 4 saturated carbocycles. The van der Waals surface area contributed by atoms with Crippen LogP contribution in [0.15, 0.2) is 0 Å². The van der Waals surface area contributed by atoms with Crippen LogP contribution in [0.2, 0.25) is 0 Å². The summed E-state index contributed by atoms with van der Waals surface area (Å²) in [7, 11) is -4.70. The first-order valence-electron chi connectivity index (χ1n) is 12.6. The van der Waals surface area contributed by atoms with E-state index in [0.717, 1.165) is 38.5 Å². The van der Waals surface area contributed by atoms with Crippen LogP contribution in [-0.2, 0) is 14.6 Å². The summed E-state index contributed by atoms with van der Waals surface area (Å²) in [6, 6.07) is 0. The lowest BCUT2D eigenvalue weighted by atomic mass is 9.43. The molecule has 33 heavy (non-hydrogen) atoms. The van der Waals surface area contributed by atoms with Crippen molar-refractivity contribution in [3.63, 3.8) is 0 Å². The van der Waals surface area contributed by atoms with Gasteiger partial charge in [-0.3, -0.25) is 4.55 Å². The SMILES string of the molecule is C[C@H](CCC(O)OS(=O)(=O)O)[C@H]1CC[C@H]2[C@@H]3[C@H](O)C[C@H]4C[C@H](O)CC[C@]4(C)[C@H]3C[C@H](O)[C@]12C. The molecule has 0 aromatic carbocycles. The van der Waals surface area contributed by atoms with Crippen LogP contribution < -0.4 is 0 Å². The molecule has 4 aliphatic rings. The van der Waals surface area contributed by atoms with Gasteiger partial charge in [-0.1, -0.05) is 20.8 Å². The monoisotopic (exact) mass is 490 g/mol. The minimum Gasteiger partial charge on any atom is -0.393 e. The summed E-state index contributed by atoms with van der Waals surface area (Å²) < 4.78 is 34.7. The summed E-state index contributed by atoms with van der Waals surface area (Å²) >= 11 is 0. The summed E-state index contributed by atoms with van der Waals surface area (Å²) in [6.07, 6.45) is 3.49. The molecule has 0 spiro atoms. The Bertz CT molecular complexity index is 819. The number of aliphatic hydroxyl groups is 4. The van der Waals surface area contributed by atoms with Crippen LogP contribution in [0.4, 0.5) is 0 Å². The highest BCUT2D eigenvalue weighted by atomic mass is 32.3. The number of hydrogen-bond donors (Lipinski definition) is 5. The van der Waals surface area contributed by atoms with E-state index >= 15 is 0 Å². The van der Waals surface area contributed by atoms with Crippen LogP contribution in [0.5, 0.6) is 0 Å². The summed E-state index contributed by atoms with van der Waals surface area (Å²) in [4.78, 5) is 0. The third-order valence-corrected chi connectivity index (χ3v) is 11.1. The Morgan fingerprint density at radius 3 is 2.36 bits per heavy atom. The molecule has 0 bridgehead atoms. The van der Waals surface area contributed by atoms with Crippen LogP contribution in [-0.4, -0.2) is 58.0 Å². The fourth-order valence-corrected chi connectivity index (χ4v) is 9.30. The van der Waals surface area contributed by atoms with E-state index in [2.05, 4.69) is 25.0 Å². The second kappa shape index (κ2) is 8.98. The number of aliphatic hydroxyl groups excluding tert-OH is 4. The van der Waals surface area contributed by atoms with Crippen molar-refractivity contribution in [2.75, 3.05) is 0 Å². The quantitative estimate of drug-likeness (QED) is 0.282. The van der Waals surface area contributed by atoms with Crippen molar-refractivity contribution >= 4 is 10.4 Å². The zero-order valence-electron chi connectivity index (χ0n) is 20.0. The maximum absolute atomic E-state index is 11.6. The molecule has 8 nitrogen and oxygen atoms in total. The molecule has 0 saturated heterocycles. The van der Waals surface area contributed by atoms with Crippen molar-refractivity contribution in [3.05, 3.63) is 0 Å². The Hall–Kier alpha value is -0.290. The van der Waals surface area contributed by atoms with E-state index in [9.17, 15) is 28.8 Å². The third kappa shape index (κ3) is 4.52. The topological polar surface area (TPSA) is 145 Å². The molecule has 5 N–H and O–H groups in total. The molecule has 192 valence electrons. The van der Waals surface area contributed by atoms with Crippen molar-refractivity contribution in [1.29, 1.82) is 0 Å². The van der Waals surface area contributed by atoms with E-state index < -0.39 is 28.9 Å². The molecule has 4 rings (SSSR count). The zero-order valence-corrected chi connectivity index (χ0v) is 20.8. The standard InChI is InChI=1S/C24H42O8S/c1-13(4-7-21(28)32-33(29,30)31)16-5-6-17-22-18(12-20(27)24(16,17)3)23(2)9-8-15(25)10-14(23)11-19(22)26/h13-22,25-28H,4-12H2,1-3H3,(H,29,30,31)/t13-,14-,15-,16-,17+,18+,19-,20+,21?,22+,23+,24-/m1/s1. The van der Waals surface area contributed by atoms with Crippen LogP contribution in [0.25, 0.3) is 0 Å². The van der Waals surface area contributed by atoms with Crippen LogP contribution in [0, 0.1) is 46.3 Å². The van der Waals surface area contributed by atoms with E-state index in [0.29, 0.717) is 12.8 Å². The van der Waals surface area contributed by atoms with E-state index in [4.69, 9.17) is 4.55 Å². The number of fused-ring (bicyclic) bond motifs is 5. The Labute approximate surface area is 197 Å². The average molecular weight is 491 g/mol. The normalized spacial score (nSPS) is 49.6. The maximum atomic E-state index is 11.6. The second-order valence-electron chi connectivity index (χ2n) is 12.1. The molecule has 0 aromatic rings. The van der Waals surface area contributed by atoms with Gasteiger partial charge in [-0.15, -0.1) is 0 Å². The van der Waals surface area contributed by atoms with Crippen molar-refractivity contribution in [2.24, 2.45) is 46.3 Å².